The van der Waals surface area contributed by atoms with Crippen molar-refractivity contribution in [3.63, 3.8) is 0 Å². The molecule has 2 rings (SSSR count). The number of rotatable bonds is 4. The Morgan fingerprint density at radius 2 is 1.52 bits per heavy atom. The lowest BCUT2D eigenvalue weighted by Crippen LogP contribution is -2.13. The molecule has 0 radical (unpaired) electrons. The van der Waals surface area contributed by atoms with Gasteiger partial charge < -0.3 is 21.3 Å². The van der Waals surface area contributed by atoms with E-state index in [2.05, 4.69) is 31.0 Å². The predicted octanol–water partition coefficient (Wildman–Crippen LogP) is 1.44. The van der Waals surface area contributed by atoms with Crippen molar-refractivity contribution in [3.8, 4) is 0 Å². The Morgan fingerprint density at radius 1 is 1.00 bits per heavy atom. The third kappa shape index (κ3) is 13.8. The van der Waals surface area contributed by atoms with Gasteiger partial charge in [0, 0.05) is 12.4 Å². The van der Waals surface area contributed by atoms with Crippen molar-refractivity contribution in [3.05, 3.63) is 40.2 Å². The Labute approximate surface area is 157 Å². The maximum atomic E-state index is 10.1. The van der Waals surface area contributed by atoms with E-state index in [1.54, 1.807) is 6.07 Å². The van der Waals surface area contributed by atoms with Crippen molar-refractivity contribution in [1.82, 2.24) is 19.9 Å². The molecule has 0 spiro atoms. The number of hydrogen-bond acceptors (Lipinski definition) is 8. The largest absolute Gasteiger partial charge is 0.480 e. The van der Waals surface area contributed by atoms with Crippen LogP contribution in [0.2, 0.25) is 15.7 Å². The Hall–Kier alpha value is -2.27. The molecular formula is C12H13Cl3N6O4. The van der Waals surface area contributed by atoms with Gasteiger partial charge in [-0.15, -0.1) is 0 Å². The van der Waals surface area contributed by atoms with Gasteiger partial charge in [0.05, 0.1) is 6.54 Å². The molecule has 0 unspecified atom stereocenters. The highest BCUT2D eigenvalue weighted by Gasteiger charge is 1.98. The minimum atomic E-state index is -0.968. The molecule has 0 aliphatic rings. The van der Waals surface area contributed by atoms with Crippen LogP contribution in [-0.2, 0) is 9.59 Å². The molecule has 0 aromatic carbocycles. The fraction of sp³-hybridized carbons (Fsp3) is 0.167. The van der Waals surface area contributed by atoms with E-state index in [1.165, 1.54) is 18.5 Å². The zero-order valence-electron chi connectivity index (χ0n) is 12.4. The molecule has 13 heteroatoms. The summed E-state index contributed by atoms with van der Waals surface area (Å²) in [6, 6.07) is 3.10. The summed E-state index contributed by atoms with van der Waals surface area (Å²) in [6.07, 6.45) is 2.94. The van der Waals surface area contributed by atoms with Crippen LogP contribution >= 0.6 is 34.8 Å². The third-order valence-corrected chi connectivity index (χ3v) is 2.39. The average Bonchev–Trinajstić information content (AvgIpc) is 2.54. The van der Waals surface area contributed by atoms with Gasteiger partial charge in [0.1, 0.15) is 17.5 Å². The number of aromatic nitrogens is 4. The van der Waals surface area contributed by atoms with Crippen molar-refractivity contribution in [1.29, 1.82) is 0 Å². The second-order valence-electron chi connectivity index (χ2n) is 3.70. The lowest BCUT2D eigenvalue weighted by molar-refractivity contribution is -0.136. The first-order chi connectivity index (χ1) is 11.7. The summed E-state index contributed by atoms with van der Waals surface area (Å²) in [5.74, 6) is -1.52. The first-order valence-electron chi connectivity index (χ1n) is 6.24. The van der Waals surface area contributed by atoms with Crippen LogP contribution in [0.1, 0.15) is 0 Å². The first kappa shape index (κ1) is 22.7. The number of carboxylic acids is 2. The van der Waals surface area contributed by atoms with Gasteiger partial charge in [-0.2, -0.15) is 0 Å². The topological polar surface area (TPSA) is 164 Å². The van der Waals surface area contributed by atoms with Crippen molar-refractivity contribution < 1.29 is 19.8 Å². The van der Waals surface area contributed by atoms with Gasteiger partial charge in [0.2, 0.25) is 10.6 Å². The van der Waals surface area contributed by atoms with Crippen molar-refractivity contribution in [2.75, 3.05) is 18.4 Å². The van der Waals surface area contributed by atoms with Gasteiger partial charge in [0.15, 0.2) is 0 Å². The molecule has 0 saturated carbocycles. The molecule has 25 heavy (non-hydrogen) atoms. The highest BCUT2D eigenvalue weighted by molar-refractivity contribution is 6.31. The number of nitrogens with one attached hydrogen (secondary N) is 1. The van der Waals surface area contributed by atoms with Crippen molar-refractivity contribution in [2.45, 2.75) is 0 Å². The number of halogens is 3. The summed E-state index contributed by atoms with van der Waals surface area (Å²) in [4.78, 5) is 33.9. The number of nitrogens with zero attached hydrogens (tertiary/aromatic N) is 4. The molecule has 5 N–H and O–H groups in total. The molecule has 0 fully saturated rings. The smallest absolute Gasteiger partial charge is 0.322 e. The average molecular weight is 412 g/mol. The first-order valence-corrected chi connectivity index (χ1v) is 7.38. The molecule has 0 bridgehead atoms. The van der Waals surface area contributed by atoms with E-state index in [0.717, 1.165) is 0 Å². The van der Waals surface area contributed by atoms with Crippen molar-refractivity contribution >= 4 is 52.6 Å². The van der Waals surface area contributed by atoms with Crippen molar-refractivity contribution in [2.24, 2.45) is 5.73 Å². The maximum Gasteiger partial charge on any atom is 0.322 e. The van der Waals surface area contributed by atoms with Crippen LogP contribution in [0.25, 0.3) is 0 Å². The number of anilines is 1. The fourth-order valence-corrected chi connectivity index (χ4v) is 1.39. The summed E-state index contributed by atoms with van der Waals surface area (Å²) >= 11 is 16.2. The number of hydrogen-bond donors (Lipinski definition) is 4. The molecule has 136 valence electrons. The highest BCUT2D eigenvalue weighted by Crippen LogP contribution is 2.05. The van der Waals surface area contributed by atoms with E-state index in [0.29, 0.717) is 11.0 Å². The van der Waals surface area contributed by atoms with E-state index in [-0.39, 0.29) is 23.7 Å². The second-order valence-corrected chi connectivity index (χ2v) is 4.77. The Bertz CT molecular complexity index is 674. The van der Waals surface area contributed by atoms with Crippen LogP contribution in [-0.4, -0.2) is 55.2 Å². The Kier molecular flexibility index (Phi) is 11.9. The van der Waals surface area contributed by atoms with Gasteiger partial charge in [0.25, 0.3) is 0 Å². The molecule has 2 aromatic heterocycles. The van der Waals surface area contributed by atoms with Crippen LogP contribution in [0.5, 0.6) is 0 Å². The van der Waals surface area contributed by atoms with Gasteiger partial charge in [-0.1, -0.05) is 11.6 Å². The van der Waals surface area contributed by atoms with Crippen LogP contribution in [0.4, 0.5) is 5.82 Å². The third-order valence-electron chi connectivity index (χ3n) is 1.81. The highest BCUT2D eigenvalue weighted by atomic mass is 35.5. The van der Waals surface area contributed by atoms with Gasteiger partial charge in [-0.25, -0.2) is 19.9 Å². The number of aliphatic carboxylic acids is 2. The summed E-state index contributed by atoms with van der Waals surface area (Å²) in [7, 11) is 0. The van der Waals surface area contributed by atoms with Crippen LogP contribution < -0.4 is 11.1 Å². The van der Waals surface area contributed by atoms with E-state index in [1.807, 2.05) is 0 Å². The molecule has 2 heterocycles. The molecule has 0 amide bonds. The maximum absolute atomic E-state index is 10.1. The second kappa shape index (κ2) is 13.1. The minimum absolute atomic E-state index is 0.0883. The van der Waals surface area contributed by atoms with E-state index >= 15 is 0 Å². The zero-order chi connectivity index (χ0) is 19.2. The van der Waals surface area contributed by atoms with E-state index < -0.39 is 11.9 Å². The molecule has 0 aliphatic heterocycles. The monoisotopic (exact) mass is 410 g/mol. The quantitative estimate of drug-likeness (QED) is 0.427. The van der Waals surface area contributed by atoms with Crippen LogP contribution in [0, 0.1) is 0 Å². The van der Waals surface area contributed by atoms with Crippen LogP contribution in [0.15, 0.2) is 24.5 Å². The van der Waals surface area contributed by atoms with Gasteiger partial charge >= 0.3 is 11.9 Å². The van der Waals surface area contributed by atoms with Gasteiger partial charge in [-0.05, 0) is 35.3 Å². The van der Waals surface area contributed by atoms with E-state index in [4.69, 9.17) is 45.0 Å². The minimum Gasteiger partial charge on any atom is -0.480 e. The normalized spacial score (nSPS) is 8.96. The lowest BCUT2D eigenvalue weighted by Gasteiger charge is -2.00. The molecule has 0 aliphatic carbocycles. The molecular weight excluding hydrogens is 399 g/mol. The molecule has 2 aromatic rings. The Morgan fingerprint density at radius 3 is 1.88 bits per heavy atom. The summed E-state index contributed by atoms with van der Waals surface area (Å²) in [5.41, 5.74) is 4.57. The standard InChI is InChI=1S/C6H6ClN3O2.C4H2Cl2N2.C2H5NO2/c7-6-8-2-1-4(10-6)9-3-5(11)12;5-3-1-2-7-4(6)8-3;3-1-2(4)5/h1-2H,3H2,(H,11,12)(H,8,9,10);1-2H;1,3H2,(H,4,5). The molecule has 10 nitrogen and oxygen atoms in total. The fourth-order valence-electron chi connectivity index (χ4n) is 0.914. The van der Waals surface area contributed by atoms with Gasteiger partial charge in [-0.3, -0.25) is 9.59 Å². The summed E-state index contributed by atoms with van der Waals surface area (Å²) in [5, 5.41) is 19.1. The predicted molar refractivity (Wildman–Crippen MR) is 91.9 cm³/mol. The summed E-state index contributed by atoms with van der Waals surface area (Å²) in [6.45, 7) is -0.465. The number of carbonyl (C=O) groups is 2. The molecule has 0 saturated heterocycles. The zero-order valence-corrected chi connectivity index (χ0v) is 14.7. The SMILES string of the molecule is Clc1ccnc(Cl)n1.NCC(=O)O.O=C(O)CNc1ccnc(Cl)n1. The molecule has 0 atom stereocenters. The number of carboxylic acid groups (broad SMARTS) is 2. The van der Waals surface area contributed by atoms with Crippen LogP contribution in [0.3, 0.4) is 0 Å². The summed E-state index contributed by atoms with van der Waals surface area (Å²) < 4.78 is 0. The Balaban J connectivity index is 0.000000382. The lowest BCUT2D eigenvalue weighted by atomic mass is 10.5. The van der Waals surface area contributed by atoms with E-state index in [9.17, 15) is 9.59 Å². The number of nitrogens with two attached hydrogens (primary N) is 1.